The Hall–Kier alpha value is -2.51. The standard InChI is InChI=1S/C15H16N2O5/c1-10-2-4-11(5-3-10)8-12-13(19)16-15(21)17(14(12)20)9-22-7-6-18/h2-5,8,18H,6-7,9H2,1H3,(H,16,19,21)/b12-8+. The first-order valence-electron chi connectivity index (χ1n) is 6.67. The van der Waals surface area contributed by atoms with Gasteiger partial charge in [-0.1, -0.05) is 29.8 Å². The third kappa shape index (κ3) is 3.57. The topological polar surface area (TPSA) is 95.9 Å². The lowest BCUT2D eigenvalue weighted by atomic mass is 10.1. The molecule has 1 aromatic carbocycles. The minimum atomic E-state index is -0.839. The summed E-state index contributed by atoms with van der Waals surface area (Å²) < 4.78 is 4.97. The van der Waals surface area contributed by atoms with Crippen LogP contribution in [0.5, 0.6) is 0 Å². The smallest absolute Gasteiger partial charge is 0.333 e. The number of barbiturate groups is 1. The van der Waals surface area contributed by atoms with Crippen LogP contribution in [0.15, 0.2) is 29.8 Å². The molecule has 0 saturated carbocycles. The second-order valence-electron chi connectivity index (χ2n) is 4.72. The Kier molecular flexibility index (Phi) is 5.03. The van der Waals surface area contributed by atoms with E-state index >= 15 is 0 Å². The molecule has 1 aliphatic rings. The molecule has 0 bridgehead atoms. The fourth-order valence-corrected chi connectivity index (χ4v) is 1.86. The minimum absolute atomic E-state index is 0.0119. The summed E-state index contributed by atoms with van der Waals surface area (Å²) in [6.07, 6.45) is 1.42. The minimum Gasteiger partial charge on any atom is -0.394 e. The first-order valence-corrected chi connectivity index (χ1v) is 6.67. The SMILES string of the molecule is Cc1ccc(/C=C2\C(=O)NC(=O)N(COCCO)C2=O)cc1. The third-order valence-corrected chi connectivity index (χ3v) is 3.03. The van der Waals surface area contributed by atoms with Crippen molar-refractivity contribution in [3.63, 3.8) is 0 Å². The number of hydrogen-bond acceptors (Lipinski definition) is 5. The Bertz CT molecular complexity index is 621. The summed E-state index contributed by atoms with van der Waals surface area (Å²) >= 11 is 0. The number of aryl methyl sites for hydroxylation is 1. The third-order valence-electron chi connectivity index (χ3n) is 3.03. The highest BCUT2D eigenvalue weighted by atomic mass is 16.5. The fourth-order valence-electron chi connectivity index (χ4n) is 1.86. The molecular formula is C15H16N2O5. The lowest BCUT2D eigenvalue weighted by Crippen LogP contribution is -2.54. The molecule has 0 radical (unpaired) electrons. The average Bonchev–Trinajstić information content (AvgIpc) is 2.49. The summed E-state index contributed by atoms with van der Waals surface area (Å²) in [6.45, 7) is 1.36. The number of nitrogens with zero attached hydrogens (tertiary/aromatic N) is 1. The number of aliphatic hydroxyl groups is 1. The molecule has 1 fully saturated rings. The number of nitrogens with one attached hydrogen (secondary N) is 1. The second kappa shape index (κ2) is 6.97. The van der Waals surface area contributed by atoms with Crippen molar-refractivity contribution in [3.8, 4) is 0 Å². The highest BCUT2D eigenvalue weighted by Crippen LogP contribution is 2.15. The summed E-state index contributed by atoms with van der Waals surface area (Å²) in [5.41, 5.74) is 1.58. The Morgan fingerprint density at radius 3 is 2.55 bits per heavy atom. The van der Waals surface area contributed by atoms with Gasteiger partial charge in [0.2, 0.25) is 0 Å². The fraction of sp³-hybridized carbons (Fsp3) is 0.267. The Morgan fingerprint density at radius 1 is 1.23 bits per heavy atom. The molecule has 7 nitrogen and oxygen atoms in total. The van der Waals surface area contributed by atoms with Gasteiger partial charge in [0, 0.05) is 0 Å². The van der Waals surface area contributed by atoms with Gasteiger partial charge in [-0.3, -0.25) is 14.9 Å². The summed E-state index contributed by atoms with van der Waals surface area (Å²) in [7, 11) is 0. The van der Waals surface area contributed by atoms with Crippen molar-refractivity contribution in [1.29, 1.82) is 0 Å². The number of ether oxygens (including phenoxy) is 1. The lowest BCUT2D eigenvalue weighted by Gasteiger charge is -2.25. The van der Waals surface area contributed by atoms with Crippen molar-refractivity contribution >= 4 is 23.9 Å². The summed E-state index contributed by atoms with van der Waals surface area (Å²) in [4.78, 5) is 36.5. The van der Waals surface area contributed by atoms with Gasteiger partial charge in [-0.05, 0) is 18.6 Å². The Balaban J connectivity index is 2.22. The first-order chi connectivity index (χ1) is 10.5. The number of carbonyl (C=O) groups is 3. The van der Waals surface area contributed by atoms with Gasteiger partial charge in [0.1, 0.15) is 12.3 Å². The van der Waals surface area contributed by atoms with Crippen LogP contribution in [-0.2, 0) is 14.3 Å². The number of rotatable bonds is 5. The van der Waals surface area contributed by atoms with Crippen molar-refractivity contribution in [2.45, 2.75) is 6.92 Å². The maximum Gasteiger partial charge on any atom is 0.333 e. The lowest BCUT2D eigenvalue weighted by molar-refractivity contribution is -0.133. The highest BCUT2D eigenvalue weighted by molar-refractivity contribution is 6.30. The van der Waals surface area contributed by atoms with Crippen LogP contribution in [0.3, 0.4) is 0 Å². The number of hydrogen-bond donors (Lipinski definition) is 2. The molecule has 7 heteroatoms. The molecule has 22 heavy (non-hydrogen) atoms. The average molecular weight is 304 g/mol. The van der Waals surface area contributed by atoms with Crippen molar-refractivity contribution in [2.24, 2.45) is 0 Å². The summed E-state index contributed by atoms with van der Waals surface area (Å²) in [5, 5.41) is 10.7. The van der Waals surface area contributed by atoms with E-state index < -0.39 is 17.8 Å². The van der Waals surface area contributed by atoms with Crippen LogP contribution in [0.2, 0.25) is 0 Å². The molecule has 1 saturated heterocycles. The van der Waals surface area contributed by atoms with E-state index in [0.29, 0.717) is 5.56 Å². The molecule has 0 unspecified atom stereocenters. The first kappa shape index (κ1) is 15.9. The Morgan fingerprint density at radius 2 is 1.91 bits per heavy atom. The molecule has 1 aliphatic heterocycles. The van der Waals surface area contributed by atoms with Crippen molar-refractivity contribution in [1.82, 2.24) is 10.2 Å². The van der Waals surface area contributed by atoms with Crippen molar-refractivity contribution in [3.05, 3.63) is 41.0 Å². The van der Waals surface area contributed by atoms with E-state index in [1.54, 1.807) is 12.1 Å². The molecule has 116 valence electrons. The monoisotopic (exact) mass is 304 g/mol. The van der Waals surface area contributed by atoms with E-state index in [-0.39, 0.29) is 25.5 Å². The molecule has 4 amide bonds. The number of urea groups is 1. The van der Waals surface area contributed by atoms with Gasteiger partial charge < -0.3 is 9.84 Å². The molecule has 2 rings (SSSR count). The van der Waals surface area contributed by atoms with Gasteiger partial charge in [0.15, 0.2) is 0 Å². The second-order valence-corrected chi connectivity index (χ2v) is 4.72. The van der Waals surface area contributed by atoms with E-state index in [0.717, 1.165) is 10.5 Å². The van der Waals surface area contributed by atoms with Crippen LogP contribution in [0.4, 0.5) is 4.79 Å². The largest absolute Gasteiger partial charge is 0.394 e. The molecule has 1 heterocycles. The van der Waals surface area contributed by atoms with E-state index in [4.69, 9.17) is 9.84 Å². The van der Waals surface area contributed by atoms with E-state index in [2.05, 4.69) is 5.32 Å². The van der Waals surface area contributed by atoms with Crippen LogP contribution in [0.1, 0.15) is 11.1 Å². The molecule has 0 aliphatic carbocycles. The van der Waals surface area contributed by atoms with Crippen LogP contribution in [0.25, 0.3) is 6.08 Å². The van der Waals surface area contributed by atoms with E-state index in [1.165, 1.54) is 6.08 Å². The number of carbonyl (C=O) groups excluding carboxylic acids is 3. The van der Waals surface area contributed by atoms with Crippen molar-refractivity contribution < 1.29 is 24.2 Å². The highest BCUT2D eigenvalue weighted by Gasteiger charge is 2.35. The number of imide groups is 2. The van der Waals surface area contributed by atoms with Crippen LogP contribution >= 0.6 is 0 Å². The molecule has 1 aromatic rings. The van der Waals surface area contributed by atoms with Crippen LogP contribution < -0.4 is 5.32 Å². The summed E-state index contributed by atoms with van der Waals surface area (Å²) in [6, 6.07) is 6.40. The van der Waals surface area contributed by atoms with Gasteiger partial charge in [0.25, 0.3) is 11.8 Å². The number of benzene rings is 1. The Labute approximate surface area is 127 Å². The maximum absolute atomic E-state index is 12.2. The number of amides is 4. The van der Waals surface area contributed by atoms with Crippen LogP contribution in [-0.4, -0.2) is 47.8 Å². The van der Waals surface area contributed by atoms with Crippen LogP contribution in [0, 0.1) is 6.92 Å². The zero-order valence-corrected chi connectivity index (χ0v) is 12.0. The maximum atomic E-state index is 12.2. The zero-order valence-electron chi connectivity index (χ0n) is 12.0. The van der Waals surface area contributed by atoms with E-state index in [9.17, 15) is 14.4 Å². The predicted octanol–water partition coefficient (Wildman–Crippen LogP) is 0.423. The normalized spacial score (nSPS) is 17.1. The molecule has 0 atom stereocenters. The number of aliphatic hydroxyl groups excluding tert-OH is 1. The van der Waals surface area contributed by atoms with E-state index in [1.807, 2.05) is 19.1 Å². The van der Waals surface area contributed by atoms with Gasteiger partial charge in [0.05, 0.1) is 13.2 Å². The predicted molar refractivity (Wildman–Crippen MR) is 77.4 cm³/mol. The van der Waals surface area contributed by atoms with Gasteiger partial charge in [-0.15, -0.1) is 0 Å². The quantitative estimate of drug-likeness (QED) is 0.467. The summed E-state index contributed by atoms with van der Waals surface area (Å²) in [5.74, 6) is -1.47. The van der Waals surface area contributed by atoms with Gasteiger partial charge in [-0.25, -0.2) is 9.69 Å². The van der Waals surface area contributed by atoms with Gasteiger partial charge in [-0.2, -0.15) is 0 Å². The zero-order chi connectivity index (χ0) is 16.1. The molecule has 0 spiro atoms. The molecule has 0 aromatic heterocycles. The van der Waals surface area contributed by atoms with Crippen molar-refractivity contribution in [2.75, 3.05) is 19.9 Å². The molecule has 2 N–H and O–H groups in total. The molecular weight excluding hydrogens is 288 g/mol. The van der Waals surface area contributed by atoms with Gasteiger partial charge >= 0.3 is 6.03 Å².